The van der Waals surface area contributed by atoms with Crippen LogP contribution in [0.25, 0.3) is 0 Å². The van der Waals surface area contributed by atoms with E-state index < -0.39 is 10.0 Å². The van der Waals surface area contributed by atoms with Crippen LogP contribution in [-0.2, 0) is 10.0 Å². The highest BCUT2D eigenvalue weighted by atomic mass is 32.2. The van der Waals surface area contributed by atoms with E-state index >= 15 is 0 Å². The molecule has 2 N–H and O–H groups in total. The second kappa shape index (κ2) is 8.88. The van der Waals surface area contributed by atoms with Crippen LogP contribution in [0.3, 0.4) is 0 Å². The van der Waals surface area contributed by atoms with Crippen molar-refractivity contribution < 1.29 is 8.42 Å². The second-order valence-electron chi connectivity index (χ2n) is 5.61. The average Bonchev–Trinajstić information content (AvgIpc) is 2.27. The molecule has 18 heavy (non-hydrogen) atoms. The van der Waals surface area contributed by atoms with E-state index in [9.17, 15) is 8.42 Å². The number of hydrogen-bond acceptors (Lipinski definition) is 3. The van der Waals surface area contributed by atoms with Gasteiger partial charge >= 0.3 is 0 Å². The van der Waals surface area contributed by atoms with Crippen LogP contribution < -0.4 is 10.0 Å². The Kier molecular flexibility index (Phi) is 8.82. The molecule has 0 aromatic rings. The summed E-state index contributed by atoms with van der Waals surface area (Å²) in [5, 5.41) is 3.02. The summed E-state index contributed by atoms with van der Waals surface area (Å²) in [6.07, 6.45) is 4.65. The highest BCUT2D eigenvalue weighted by Crippen LogP contribution is 2.22. The summed E-state index contributed by atoms with van der Waals surface area (Å²) in [5.74, 6) is 0.159. The van der Waals surface area contributed by atoms with Crippen molar-refractivity contribution in [1.29, 1.82) is 0 Å². The van der Waals surface area contributed by atoms with E-state index in [0.717, 1.165) is 13.0 Å². The predicted molar refractivity (Wildman–Crippen MR) is 78.3 cm³/mol. The smallest absolute Gasteiger partial charge is 0.212 e. The van der Waals surface area contributed by atoms with Gasteiger partial charge in [0.15, 0.2) is 0 Å². The lowest BCUT2D eigenvalue weighted by molar-refractivity contribution is 0.320. The zero-order valence-corrected chi connectivity index (χ0v) is 13.2. The lowest BCUT2D eigenvalue weighted by atomic mass is 9.87. The van der Waals surface area contributed by atoms with Gasteiger partial charge in [-0.3, -0.25) is 0 Å². The van der Waals surface area contributed by atoms with Crippen LogP contribution in [0.15, 0.2) is 0 Å². The molecule has 0 aliphatic rings. The van der Waals surface area contributed by atoms with Gasteiger partial charge in [0.1, 0.15) is 0 Å². The first-order chi connectivity index (χ1) is 8.33. The number of unbranched alkanes of at least 4 members (excludes halogenated alkanes) is 2. The topological polar surface area (TPSA) is 58.2 Å². The lowest BCUT2D eigenvalue weighted by Crippen LogP contribution is -2.37. The van der Waals surface area contributed by atoms with Crippen molar-refractivity contribution in [3.63, 3.8) is 0 Å². The fraction of sp³-hybridized carbons (Fsp3) is 1.00. The van der Waals surface area contributed by atoms with E-state index in [1.54, 1.807) is 0 Å². The van der Waals surface area contributed by atoms with Crippen LogP contribution in [-0.4, -0.2) is 33.8 Å². The molecule has 0 aromatic carbocycles. The quantitative estimate of drug-likeness (QED) is 0.569. The van der Waals surface area contributed by atoms with E-state index in [1.807, 2.05) is 6.92 Å². The van der Waals surface area contributed by atoms with Crippen LogP contribution in [0.1, 0.15) is 53.4 Å². The first kappa shape index (κ1) is 17.9. The van der Waals surface area contributed by atoms with Gasteiger partial charge in [-0.25, -0.2) is 13.1 Å². The molecule has 4 nitrogen and oxygen atoms in total. The zero-order valence-electron chi connectivity index (χ0n) is 12.4. The maximum Gasteiger partial charge on any atom is 0.212 e. The normalized spacial score (nSPS) is 12.9. The first-order valence-corrected chi connectivity index (χ1v) is 8.66. The van der Waals surface area contributed by atoms with Gasteiger partial charge in [0.2, 0.25) is 10.0 Å². The monoisotopic (exact) mass is 278 g/mol. The van der Waals surface area contributed by atoms with Crippen LogP contribution >= 0.6 is 0 Å². The fourth-order valence-electron chi connectivity index (χ4n) is 1.70. The first-order valence-electron chi connectivity index (χ1n) is 7.01. The minimum absolute atomic E-state index is 0.0421. The number of sulfonamides is 1. The zero-order chi connectivity index (χ0) is 14.1. The molecule has 0 radical (unpaired) electrons. The molecule has 0 aromatic heterocycles. The van der Waals surface area contributed by atoms with Crippen molar-refractivity contribution in [3.8, 4) is 0 Å². The molecule has 0 saturated carbocycles. The third-order valence-electron chi connectivity index (χ3n) is 3.03. The van der Waals surface area contributed by atoms with Gasteiger partial charge in [-0.1, -0.05) is 47.0 Å². The maximum atomic E-state index is 11.7. The van der Waals surface area contributed by atoms with Crippen LogP contribution in [0.2, 0.25) is 0 Å². The van der Waals surface area contributed by atoms with E-state index in [2.05, 4.69) is 30.8 Å². The fourth-order valence-corrected chi connectivity index (χ4v) is 2.87. The molecule has 0 aliphatic carbocycles. The van der Waals surface area contributed by atoms with E-state index in [-0.39, 0.29) is 11.2 Å². The lowest BCUT2D eigenvalue weighted by Gasteiger charge is -2.24. The van der Waals surface area contributed by atoms with Gasteiger partial charge in [-0.2, -0.15) is 0 Å². The molecule has 110 valence electrons. The van der Waals surface area contributed by atoms with Crippen LogP contribution in [0, 0.1) is 5.41 Å². The third kappa shape index (κ3) is 9.85. The third-order valence-corrected chi connectivity index (χ3v) is 4.35. The summed E-state index contributed by atoms with van der Waals surface area (Å²) < 4.78 is 26.2. The van der Waals surface area contributed by atoms with Gasteiger partial charge < -0.3 is 5.32 Å². The van der Waals surface area contributed by atoms with Crippen molar-refractivity contribution in [1.82, 2.24) is 10.0 Å². The number of hydrogen-bond donors (Lipinski definition) is 2. The molecular formula is C13H30N2O2S. The van der Waals surface area contributed by atoms with Crippen molar-refractivity contribution in [2.24, 2.45) is 5.41 Å². The Labute approximate surface area is 113 Å². The van der Waals surface area contributed by atoms with Gasteiger partial charge in [0.25, 0.3) is 0 Å². The molecule has 0 aliphatic heterocycles. The van der Waals surface area contributed by atoms with Crippen molar-refractivity contribution >= 4 is 10.0 Å². The van der Waals surface area contributed by atoms with Gasteiger partial charge in [0.05, 0.1) is 5.75 Å². The Morgan fingerprint density at radius 3 is 2.33 bits per heavy atom. The van der Waals surface area contributed by atoms with Crippen LogP contribution in [0.5, 0.6) is 0 Å². The summed E-state index contributed by atoms with van der Waals surface area (Å²) in [7, 11) is -3.13. The Hall–Kier alpha value is -0.130. The molecule has 0 rings (SSSR count). The van der Waals surface area contributed by atoms with Crippen molar-refractivity contribution in [2.45, 2.75) is 53.4 Å². The van der Waals surface area contributed by atoms with Crippen molar-refractivity contribution in [3.05, 3.63) is 0 Å². The molecule has 0 saturated heterocycles. The second-order valence-corrected chi connectivity index (χ2v) is 7.54. The highest BCUT2D eigenvalue weighted by Gasteiger charge is 2.20. The Morgan fingerprint density at radius 1 is 1.11 bits per heavy atom. The maximum absolute atomic E-state index is 11.7. The molecule has 0 atom stereocenters. The Morgan fingerprint density at radius 2 is 1.78 bits per heavy atom. The van der Waals surface area contributed by atoms with Gasteiger partial charge in [0, 0.05) is 13.1 Å². The number of rotatable bonds is 11. The minimum atomic E-state index is -3.13. The average molecular weight is 278 g/mol. The molecule has 0 heterocycles. The molecule has 0 spiro atoms. The largest absolute Gasteiger partial charge is 0.316 e. The van der Waals surface area contributed by atoms with E-state index in [1.165, 1.54) is 19.3 Å². The summed E-state index contributed by atoms with van der Waals surface area (Å²) >= 11 is 0. The molecule has 0 fully saturated rings. The van der Waals surface area contributed by atoms with Crippen molar-refractivity contribution in [2.75, 3.05) is 25.4 Å². The summed E-state index contributed by atoms with van der Waals surface area (Å²) in [4.78, 5) is 0. The molecule has 0 amide bonds. The van der Waals surface area contributed by atoms with Gasteiger partial charge in [-0.15, -0.1) is 0 Å². The molecule has 0 bridgehead atoms. The number of nitrogens with one attached hydrogen (secondary N) is 2. The summed E-state index contributed by atoms with van der Waals surface area (Å²) in [6, 6.07) is 0. The van der Waals surface area contributed by atoms with Gasteiger partial charge in [-0.05, 0) is 18.4 Å². The molecule has 0 unspecified atom stereocenters. The summed E-state index contributed by atoms with van der Waals surface area (Å²) in [6.45, 7) is 10.2. The van der Waals surface area contributed by atoms with E-state index in [4.69, 9.17) is 0 Å². The minimum Gasteiger partial charge on any atom is -0.316 e. The molecular weight excluding hydrogens is 248 g/mol. The standard InChI is InChI=1S/C13H30N2O2S/c1-5-7-8-9-13(3,4)12-15-18(16,17)11-10-14-6-2/h14-15H,5-12H2,1-4H3. The summed E-state index contributed by atoms with van der Waals surface area (Å²) in [5.41, 5.74) is 0.0421. The van der Waals surface area contributed by atoms with E-state index in [0.29, 0.717) is 13.1 Å². The SMILES string of the molecule is CCCCCC(C)(C)CNS(=O)(=O)CCNCC. The highest BCUT2D eigenvalue weighted by molar-refractivity contribution is 7.89. The van der Waals surface area contributed by atoms with Crippen LogP contribution in [0.4, 0.5) is 0 Å². The Balaban J connectivity index is 3.97. The Bertz CT molecular complexity index is 300. The predicted octanol–water partition coefficient (Wildman–Crippen LogP) is 2.12. The molecule has 5 heteroatoms.